The number of rotatable bonds is 10. The minimum Gasteiger partial charge on any atom is -0.372 e. The van der Waals surface area contributed by atoms with Gasteiger partial charge < -0.3 is 10.2 Å². The van der Waals surface area contributed by atoms with Crippen LogP contribution in [-0.2, 0) is 4.79 Å². The van der Waals surface area contributed by atoms with Gasteiger partial charge in [0.1, 0.15) is 0 Å². The summed E-state index contributed by atoms with van der Waals surface area (Å²) in [5.74, 6) is 0.438. The number of nitrogens with one attached hydrogen (secondary N) is 3. The highest BCUT2D eigenvalue weighted by Crippen LogP contribution is 2.19. The van der Waals surface area contributed by atoms with Gasteiger partial charge in [0.05, 0.1) is 12.0 Å². The predicted molar refractivity (Wildman–Crippen MR) is 128 cm³/mol. The Kier molecular flexibility index (Phi) is 8.31. The quantitative estimate of drug-likeness (QED) is 0.236. The average Bonchev–Trinajstić information content (AvgIpc) is 3.23. The van der Waals surface area contributed by atoms with Gasteiger partial charge in [-0.15, -0.1) is 5.10 Å². The predicted octanol–water partition coefficient (Wildman–Crippen LogP) is 4.48. The maximum absolute atomic E-state index is 12.2. The van der Waals surface area contributed by atoms with Crippen molar-refractivity contribution in [1.82, 2.24) is 15.2 Å². The van der Waals surface area contributed by atoms with Crippen LogP contribution >= 0.6 is 23.4 Å². The third-order valence-corrected chi connectivity index (χ3v) is 5.55. The lowest BCUT2D eigenvalue weighted by molar-refractivity contribution is -0.113. The first-order valence-electron chi connectivity index (χ1n) is 9.82. The molecule has 0 atom stereocenters. The van der Waals surface area contributed by atoms with Crippen molar-refractivity contribution >= 4 is 52.8 Å². The van der Waals surface area contributed by atoms with Crippen LogP contribution in [0.4, 0.5) is 17.3 Å². The first-order valence-corrected chi connectivity index (χ1v) is 11.2. The molecule has 0 aliphatic rings. The average molecular weight is 458 g/mol. The normalized spacial score (nSPS) is 10.9. The number of benzene rings is 2. The van der Waals surface area contributed by atoms with Crippen LogP contribution < -0.4 is 15.6 Å². The smallest absolute Gasteiger partial charge is 0.240 e. The van der Waals surface area contributed by atoms with Gasteiger partial charge in [-0.3, -0.25) is 4.79 Å². The van der Waals surface area contributed by atoms with Crippen molar-refractivity contribution in [1.29, 1.82) is 0 Å². The SMILES string of the molecule is CCN(CC)c1ccc(NC(=O)CSc2n[nH]c(N/N=C/c3ccccc3Cl)n2)cc1. The number of aromatic amines is 1. The van der Waals surface area contributed by atoms with Crippen LogP contribution in [-0.4, -0.2) is 46.1 Å². The van der Waals surface area contributed by atoms with Crippen LogP contribution in [0, 0.1) is 0 Å². The Hall–Kier alpha value is -3.04. The maximum atomic E-state index is 12.2. The third-order valence-electron chi connectivity index (χ3n) is 4.36. The lowest BCUT2D eigenvalue weighted by Gasteiger charge is -2.21. The Morgan fingerprint density at radius 2 is 1.94 bits per heavy atom. The second kappa shape index (κ2) is 11.4. The Bertz CT molecular complexity index is 1020. The van der Waals surface area contributed by atoms with Crippen molar-refractivity contribution in [3.05, 3.63) is 59.1 Å². The van der Waals surface area contributed by atoms with E-state index in [-0.39, 0.29) is 11.7 Å². The van der Waals surface area contributed by atoms with E-state index in [1.54, 1.807) is 12.3 Å². The van der Waals surface area contributed by atoms with Crippen molar-refractivity contribution in [2.45, 2.75) is 19.0 Å². The van der Waals surface area contributed by atoms with Crippen molar-refractivity contribution in [3.8, 4) is 0 Å². The molecule has 3 N–H and O–H groups in total. The minimum atomic E-state index is -0.128. The summed E-state index contributed by atoms with van der Waals surface area (Å²) in [6.45, 7) is 6.12. The van der Waals surface area contributed by atoms with E-state index in [0.717, 1.165) is 30.0 Å². The number of thioether (sulfide) groups is 1. The number of amides is 1. The van der Waals surface area contributed by atoms with Gasteiger partial charge in [-0.05, 0) is 44.2 Å². The van der Waals surface area contributed by atoms with Gasteiger partial charge in [-0.2, -0.15) is 10.1 Å². The fraction of sp³-hybridized carbons (Fsp3) is 0.238. The molecule has 8 nitrogen and oxygen atoms in total. The second-order valence-electron chi connectivity index (χ2n) is 6.41. The summed E-state index contributed by atoms with van der Waals surface area (Å²) in [7, 11) is 0. The van der Waals surface area contributed by atoms with E-state index in [9.17, 15) is 4.79 Å². The van der Waals surface area contributed by atoms with Crippen LogP contribution in [0.25, 0.3) is 0 Å². The molecule has 0 saturated carbocycles. The highest BCUT2D eigenvalue weighted by molar-refractivity contribution is 7.99. The van der Waals surface area contributed by atoms with Gasteiger partial charge in [0.2, 0.25) is 17.0 Å². The molecule has 0 aliphatic heterocycles. The van der Waals surface area contributed by atoms with Crippen molar-refractivity contribution < 1.29 is 4.79 Å². The second-order valence-corrected chi connectivity index (χ2v) is 7.76. The molecular weight excluding hydrogens is 434 g/mol. The minimum absolute atomic E-state index is 0.128. The monoisotopic (exact) mass is 457 g/mol. The van der Waals surface area contributed by atoms with Gasteiger partial charge >= 0.3 is 0 Å². The molecule has 0 bridgehead atoms. The van der Waals surface area contributed by atoms with Crippen LogP contribution in [0.5, 0.6) is 0 Å². The van der Waals surface area contributed by atoms with Crippen LogP contribution in [0.2, 0.25) is 5.02 Å². The Labute approximate surface area is 190 Å². The molecule has 0 fully saturated rings. The fourth-order valence-corrected chi connectivity index (χ4v) is 3.56. The Morgan fingerprint density at radius 1 is 1.19 bits per heavy atom. The van der Waals surface area contributed by atoms with E-state index < -0.39 is 0 Å². The molecule has 0 aliphatic carbocycles. The summed E-state index contributed by atoms with van der Waals surface area (Å²) in [6, 6.07) is 15.2. The van der Waals surface area contributed by atoms with Crippen LogP contribution in [0.1, 0.15) is 19.4 Å². The molecule has 162 valence electrons. The molecule has 0 saturated heterocycles. The topological polar surface area (TPSA) is 98.3 Å². The lowest BCUT2D eigenvalue weighted by atomic mass is 10.2. The van der Waals surface area contributed by atoms with Crippen molar-refractivity contribution in [2.24, 2.45) is 5.10 Å². The Morgan fingerprint density at radius 3 is 2.65 bits per heavy atom. The molecular formula is C21H24ClN7OS. The van der Waals surface area contributed by atoms with Gasteiger partial charge in [0.15, 0.2) is 0 Å². The molecule has 31 heavy (non-hydrogen) atoms. The molecule has 0 radical (unpaired) electrons. The van der Waals surface area contributed by atoms with E-state index in [4.69, 9.17) is 11.6 Å². The number of anilines is 3. The molecule has 1 amide bonds. The lowest BCUT2D eigenvalue weighted by Crippen LogP contribution is -2.21. The molecule has 10 heteroatoms. The first-order chi connectivity index (χ1) is 15.1. The van der Waals surface area contributed by atoms with Gasteiger partial charge in [0.25, 0.3) is 0 Å². The zero-order chi connectivity index (χ0) is 22.1. The maximum Gasteiger partial charge on any atom is 0.240 e. The number of hydrogen-bond acceptors (Lipinski definition) is 7. The van der Waals surface area contributed by atoms with Gasteiger partial charge in [0, 0.05) is 35.1 Å². The summed E-state index contributed by atoms with van der Waals surface area (Å²) in [6.07, 6.45) is 1.59. The molecule has 1 heterocycles. The number of halogens is 1. The van der Waals surface area contributed by atoms with E-state index in [0.29, 0.717) is 16.1 Å². The van der Waals surface area contributed by atoms with Crippen LogP contribution in [0.15, 0.2) is 58.8 Å². The summed E-state index contributed by atoms with van der Waals surface area (Å²) in [4.78, 5) is 18.7. The molecule has 1 aromatic heterocycles. The highest BCUT2D eigenvalue weighted by atomic mass is 35.5. The number of hydrogen-bond donors (Lipinski definition) is 3. The first kappa shape index (κ1) is 22.6. The van der Waals surface area contributed by atoms with E-state index in [2.05, 4.69) is 49.8 Å². The van der Waals surface area contributed by atoms with Crippen molar-refractivity contribution in [3.63, 3.8) is 0 Å². The number of nitrogens with zero attached hydrogens (tertiary/aromatic N) is 4. The van der Waals surface area contributed by atoms with E-state index in [1.807, 2.05) is 42.5 Å². The molecule has 2 aromatic carbocycles. The standard InChI is InChI=1S/C21H24ClN7OS/c1-3-29(4-2)17-11-9-16(10-12-17)24-19(30)14-31-21-25-20(27-28-21)26-23-13-15-7-5-6-8-18(15)22/h5-13H,3-4,14H2,1-2H3,(H,24,30)(H2,25,26,27,28)/b23-13+. The number of carbonyl (C=O) groups excluding carboxylic acids is 1. The zero-order valence-corrected chi connectivity index (χ0v) is 18.9. The van der Waals surface area contributed by atoms with E-state index >= 15 is 0 Å². The molecule has 0 unspecified atom stereocenters. The summed E-state index contributed by atoms with van der Waals surface area (Å²) in [5.41, 5.74) is 5.43. The fourth-order valence-electron chi connectivity index (χ4n) is 2.78. The summed E-state index contributed by atoms with van der Waals surface area (Å²) in [5, 5.41) is 14.8. The molecule has 3 rings (SSSR count). The largest absolute Gasteiger partial charge is 0.372 e. The summed E-state index contributed by atoms with van der Waals surface area (Å²) >= 11 is 7.31. The Balaban J connectivity index is 1.45. The number of aromatic nitrogens is 3. The molecule has 0 spiro atoms. The van der Waals surface area contributed by atoms with Crippen LogP contribution in [0.3, 0.4) is 0 Å². The van der Waals surface area contributed by atoms with Gasteiger partial charge in [-0.25, -0.2) is 10.5 Å². The number of H-pyrrole nitrogens is 1. The number of hydrazone groups is 1. The third kappa shape index (κ3) is 6.73. The van der Waals surface area contributed by atoms with Gasteiger partial charge in [-0.1, -0.05) is 41.6 Å². The zero-order valence-electron chi connectivity index (χ0n) is 17.3. The number of carbonyl (C=O) groups is 1. The van der Waals surface area contributed by atoms with Crippen molar-refractivity contribution in [2.75, 3.05) is 34.5 Å². The summed E-state index contributed by atoms with van der Waals surface area (Å²) < 4.78 is 0. The highest BCUT2D eigenvalue weighted by Gasteiger charge is 2.09. The molecule has 3 aromatic rings. The van der Waals surface area contributed by atoms with E-state index in [1.165, 1.54) is 11.8 Å².